The Morgan fingerprint density at radius 3 is 2.79 bits per heavy atom. The smallest absolute Gasteiger partial charge is 0.240 e. The molecule has 0 saturated carbocycles. The molecule has 1 heterocycles. The van der Waals surface area contributed by atoms with Crippen molar-refractivity contribution < 1.29 is 18.0 Å². The van der Waals surface area contributed by atoms with Crippen LogP contribution in [0.2, 0.25) is 0 Å². The lowest BCUT2D eigenvalue weighted by atomic mass is 10.3. The molecule has 1 aliphatic heterocycles. The van der Waals surface area contributed by atoms with Crippen LogP contribution in [0.25, 0.3) is 0 Å². The lowest BCUT2D eigenvalue weighted by Gasteiger charge is -2.23. The van der Waals surface area contributed by atoms with Crippen LogP contribution in [-0.4, -0.2) is 56.6 Å². The highest BCUT2D eigenvalue weighted by Crippen LogP contribution is 2.02. The van der Waals surface area contributed by atoms with Gasteiger partial charge in [-0.25, -0.2) is 13.1 Å². The number of nitrogens with zero attached hydrogens (tertiary/aromatic N) is 1. The highest BCUT2D eigenvalue weighted by atomic mass is 32.2. The Bertz CT molecular complexity index is 435. The Labute approximate surface area is 113 Å². The zero-order chi connectivity index (χ0) is 14.5. The molecule has 1 aliphatic rings. The van der Waals surface area contributed by atoms with Crippen LogP contribution in [0.3, 0.4) is 0 Å². The molecule has 2 amide bonds. The molecule has 19 heavy (non-hydrogen) atoms. The minimum absolute atomic E-state index is 0.00462. The lowest BCUT2D eigenvalue weighted by molar-refractivity contribution is -0.132. The molecule has 7 nitrogen and oxygen atoms in total. The van der Waals surface area contributed by atoms with Crippen molar-refractivity contribution in [2.45, 2.75) is 32.7 Å². The van der Waals surface area contributed by atoms with Crippen LogP contribution in [-0.2, 0) is 19.6 Å². The number of amides is 2. The molecule has 1 unspecified atom stereocenters. The SMILES string of the molecule is CCCS(=O)(=O)NC(C)C(=O)N1CCNC(=O)CC1. The van der Waals surface area contributed by atoms with Gasteiger partial charge >= 0.3 is 0 Å². The van der Waals surface area contributed by atoms with Gasteiger partial charge in [-0.05, 0) is 13.3 Å². The average molecular weight is 291 g/mol. The first-order chi connectivity index (χ1) is 8.85. The van der Waals surface area contributed by atoms with E-state index in [4.69, 9.17) is 0 Å². The highest BCUT2D eigenvalue weighted by Gasteiger charge is 2.25. The molecule has 0 aromatic carbocycles. The summed E-state index contributed by atoms with van der Waals surface area (Å²) in [5.41, 5.74) is 0. The average Bonchev–Trinajstić information content (AvgIpc) is 2.52. The highest BCUT2D eigenvalue weighted by molar-refractivity contribution is 7.89. The van der Waals surface area contributed by atoms with Crippen LogP contribution in [0.1, 0.15) is 26.7 Å². The Morgan fingerprint density at radius 2 is 2.16 bits per heavy atom. The Kier molecular flexibility index (Phi) is 5.74. The molecular weight excluding hydrogens is 270 g/mol. The van der Waals surface area contributed by atoms with Gasteiger partial charge in [-0.1, -0.05) is 6.92 Å². The Hall–Kier alpha value is -1.15. The van der Waals surface area contributed by atoms with Crippen molar-refractivity contribution in [1.29, 1.82) is 0 Å². The van der Waals surface area contributed by atoms with Gasteiger partial charge in [0.25, 0.3) is 0 Å². The van der Waals surface area contributed by atoms with Gasteiger partial charge in [0.1, 0.15) is 0 Å². The van der Waals surface area contributed by atoms with E-state index in [2.05, 4.69) is 10.0 Å². The molecule has 1 rings (SSSR count). The molecule has 0 aromatic heterocycles. The van der Waals surface area contributed by atoms with Crippen molar-refractivity contribution in [2.75, 3.05) is 25.4 Å². The van der Waals surface area contributed by atoms with Crippen molar-refractivity contribution >= 4 is 21.8 Å². The van der Waals surface area contributed by atoms with Gasteiger partial charge in [-0.3, -0.25) is 9.59 Å². The molecule has 8 heteroatoms. The summed E-state index contributed by atoms with van der Waals surface area (Å²) in [4.78, 5) is 24.8. The van der Waals surface area contributed by atoms with Gasteiger partial charge < -0.3 is 10.2 Å². The first kappa shape index (κ1) is 15.9. The largest absolute Gasteiger partial charge is 0.354 e. The third-order valence-electron chi connectivity index (χ3n) is 2.82. The van der Waals surface area contributed by atoms with E-state index in [1.54, 1.807) is 6.92 Å². The fourth-order valence-corrected chi connectivity index (χ4v) is 3.20. The lowest BCUT2D eigenvalue weighted by Crippen LogP contribution is -2.48. The van der Waals surface area contributed by atoms with E-state index in [1.807, 2.05) is 0 Å². The summed E-state index contributed by atoms with van der Waals surface area (Å²) >= 11 is 0. The summed E-state index contributed by atoms with van der Waals surface area (Å²) < 4.78 is 25.6. The summed E-state index contributed by atoms with van der Waals surface area (Å²) in [5, 5.41) is 2.67. The fraction of sp³-hybridized carbons (Fsp3) is 0.818. The molecular formula is C11H21N3O4S. The van der Waals surface area contributed by atoms with Crippen molar-refractivity contribution in [2.24, 2.45) is 0 Å². The topological polar surface area (TPSA) is 95.6 Å². The predicted molar refractivity (Wildman–Crippen MR) is 70.9 cm³/mol. The molecule has 110 valence electrons. The van der Waals surface area contributed by atoms with E-state index in [0.29, 0.717) is 26.1 Å². The maximum atomic E-state index is 12.1. The van der Waals surface area contributed by atoms with Crippen LogP contribution in [0.4, 0.5) is 0 Å². The summed E-state index contributed by atoms with van der Waals surface area (Å²) in [6.07, 6.45) is 0.749. The number of sulfonamides is 1. The fourth-order valence-electron chi connectivity index (χ4n) is 1.91. The summed E-state index contributed by atoms with van der Waals surface area (Å²) in [6, 6.07) is -0.801. The van der Waals surface area contributed by atoms with Crippen LogP contribution in [0, 0.1) is 0 Å². The van der Waals surface area contributed by atoms with E-state index < -0.39 is 16.1 Å². The van der Waals surface area contributed by atoms with Crippen LogP contribution < -0.4 is 10.0 Å². The molecule has 0 aromatic rings. The monoisotopic (exact) mass is 291 g/mol. The van der Waals surface area contributed by atoms with Crippen LogP contribution in [0.15, 0.2) is 0 Å². The number of nitrogens with one attached hydrogen (secondary N) is 2. The minimum atomic E-state index is -3.41. The van der Waals surface area contributed by atoms with Gasteiger partial charge in [-0.2, -0.15) is 0 Å². The van der Waals surface area contributed by atoms with Crippen molar-refractivity contribution in [1.82, 2.24) is 14.9 Å². The van der Waals surface area contributed by atoms with Crippen molar-refractivity contribution in [3.05, 3.63) is 0 Å². The van der Waals surface area contributed by atoms with E-state index >= 15 is 0 Å². The normalized spacial score (nSPS) is 18.6. The van der Waals surface area contributed by atoms with Crippen molar-refractivity contribution in [3.63, 3.8) is 0 Å². The number of rotatable bonds is 5. The van der Waals surface area contributed by atoms with E-state index in [0.717, 1.165) is 0 Å². The number of hydrogen-bond donors (Lipinski definition) is 2. The number of carbonyl (C=O) groups is 2. The minimum Gasteiger partial charge on any atom is -0.354 e. The van der Waals surface area contributed by atoms with E-state index in [9.17, 15) is 18.0 Å². The maximum Gasteiger partial charge on any atom is 0.240 e. The second-order valence-electron chi connectivity index (χ2n) is 4.58. The number of hydrogen-bond acceptors (Lipinski definition) is 4. The zero-order valence-electron chi connectivity index (χ0n) is 11.3. The second kappa shape index (κ2) is 6.85. The predicted octanol–water partition coefficient (Wildman–Crippen LogP) is -0.947. The third kappa shape index (κ3) is 5.15. The van der Waals surface area contributed by atoms with Gasteiger partial charge in [0.2, 0.25) is 21.8 Å². The van der Waals surface area contributed by atoms with Gasteiger partial charge in [-0.15, -0.1) is 0 Å². The summed E-state index contributed by atoms with van der Waals surface area (Å²) in [7, 11) is -3.41. The number of carbonyl (C=O) groups excluding carboxylic acids is 2. The molecule has 1 fully saturated rings. The Balaban J connectivity index is 2.59. The van der Waals surface area contributed by atoms with Crippen LogP contribution >= 0.6 is 0 Å². The van der Waals surface area contributed by atoms with Crippen molar-refractivity contribution in [3.8, 4) is 0 Å². The standard InChI is InChI=1S/C11H21N3O4S/c1-3-8-19(17,18)13-9(2)11(16)14-6-4-10(15)12-5-7-14/h9,13H,3-8H2,1-2H3,(H,12,15). The third-order valence-corrected chi connectivity index (χ3v) is 4.48. The quantitative estimate of drug-likeness (QED) is 0.683. The van der Waals surface area contributed by atoms with Gasteiger partial charge in [0.15, 0.2) is 0 Å². The van der Waals surface area contributed by atoms with E-state index in [1.165, 1.54) is 11.8 Å². The maximum absolute atomic E-state index is 12.1. The van der Waals surface area contributed by atoms with Gasteiger partial charge in [0.05, 0.1) is 11.8 Å². The van der Waals surface area contributed by atoms with Gasteiger partial charge in [0, 0.05) is 26.1 Å². The first-order valence-electron chi connectivity index (χ1n) is 6.41. The second-order valence-corrected chi connectivity index (χ2v) is 6.46. The molecule has 1 saturated heterocycles. The molecule has 0 radical (unpaired) electrons. The summed E-state index contributed by atoms with van der Waals surface area (Å²) in [6.45, 7) is 4.42. The Morgan fingerprint density at radius 1 is 1.47 bits per heavy atom. The molecule has 0 spiro atoms. The molecule has 0 aliphatic carbocycles. The molecule has 0 bridgehead atoms. The summed E-state index contributed by atoms with van der Waals surface area (Å²) in [5.74, 6) is -0.379. The van der Waals surface area contributed by atoms with Crippen LogP contribution in [0.5, 0.6) is 0 Å². The van der Waals surface area contributed by atoms with E-state index in [-0.39, 0.29) is 24.0 Å². The molecule has 2 N–H and O–H groups in total. The first-order valence-corrected chi connectivity index (χ1v) is 8.06. The molecule has 1 atom stereocenters. The zero-order valence-corrected chi connectivity index (χ0v) is 12.1.